The van der Waals surface area contributed by atoms with E-state index in [-0.39, 0.29) is 12.5 Å². The molecule has 0 spiro atoms. The van der Waals surface area contributed by atoms with Gasteiger partial charge in [0.1, 0.15) is 0 Å². The number of thiocarbonyl (C=S) groups is 1. The number of carbonyl (C=O) groups excluding carboxylic acids is 1. The van der Waals surface area contributed by atoms with Crippen LogP contribution in [-0.2, 0) is 9.53 Å². The fourth-order valence-corrected chi connectivity index (χ4v) is 3.10. The highest BCUT2D eigenvalue weighted by atomic mass is 32.1. The van der Waals surface area contributed by atoms with Gasteiger partial charge in [0.05, 0.1) is 19.8 Å². The Kier molecular flexibility index (Phi) is 6.84. The summed E-state index contributed by atoms with van der Waals surface area (Å²) in [4.78, 5) is 16.3. The van der Waals surface area contributed by atoms with Gasteiger partial charge in [-0.05, 0) is 55.5 Å². The Morgan fingerprint density at radius 1 is 1.04 bits per heavy atom. The lowest BCUT2D eigenvalue weighted by Gasteiger charge is -2.29. The molecule has 1 aliphatic rings. The molecule has 1 heterocycles. The van der Waals surface area contributed by atoms with Gasteiger partial charge in [0.25, 0.3) is 0 Å². The monoisotopic (exact) mass is 398 g/mol. The largest absolute Gasteiger partial charge is 0.378 e. The zero-order chi connectivity index (χ0) is 19.9. The first-order valence-electron chi connectivity index (χ1n) is 9.32. The number of anilines is 3. The van der Waals surface area contributed by atoms with Crippen molar-refractivity contribution in [3.05, 3.63) is 54.1 Å². The van der Waals surface area contributed by atoms with Gasteiger partial charge in [0.15, 0.2) is 5.11 Å². The Bertz CT molecular complexity index is 802. The molecule has 1 amide bonds. The van der Waals surface area contributed by atoms with Crippen LogP contribution in [0.3, 0.4) is 0 Å². The number of likely N-dealkylation sites (N-methyl/N-ethyl adjacent to an activating group) is 1. The lowest BCUT2D eigenvalue weighted by molar-refractivity contribution is -0.116. The first-order valence-corrected chi connectivity index (χ1v) is 9.73. The molecule has 0 aliphatic carbocycles. The van der Waals surface area contributed by atoms with E-state index in [2.05, 4.69) is 15.5 Å². The van der Waals surface area contributed by atoms with E-state index in [0.717, 1.165) is 43.4 Å². The van der Waals surface area contributed by atoms with E-state index in [1.165, 1.54) is 5.56 Å². The lowest BCUT2D eigenvalue weighted by atomic mass is 10.2. The van der Waals surface area contributed by atoms with Crippen molar-refractivity contribution >= 4 is 40.3 Å². The van der Waals surface area contributed by atoms with Crippen LogP contribution in [0.4, 0.5) is 17.1 Å². The van der Waals surface area contributed by atoms with Crippen LogP contribution in [0.1, 0.15) is 5.56 Å². The molecule has 148 valence electrons. The minimum atomic E-state index is -0.116. The number of benzene rings is 2. The van der Waals surface area contributed by atoms with Crippen molar-refractivity contribution in [3.63, 3.8) is 0 Å². The van der Waals surface area contributed by atoms with E-state index in [4.69, 9.17) is 17.0 Å². The van der Waals surface area contributed by atoms with Gasteiger partial charge >= 0.3 is 0 Å². The summed E-state index contributed by atoms with van der Waals surface area (Å²) < 4.78 is 5.38. The number of nitrogens with one attached hydrogen (secondary N) is 2. The summed E-state index contributed by atoms with van der Waals surface area (Å²) in [6.07, 6.45) is 0. The maximum absolute atomic E-state index is 12.3. The maximum Gasteiger partial charge on any atom is 0.243 e. The van der Waals surface area contributed by atoms with Crippen molar-refractivity contribution < 1.29 is 9.53 Å². The summed E-state index contributed by atoms with van der Waals surface area (Å²) >= 11 is 5.38. The second kappa shape index (κ2) is 9.52. The predicted molar refractivity (Wildman–Crippen MR) is 118 cm³/mol. The average Bonchev–Trinajstić information content (AvgIpc) is 2.71. The molecule has 1 saturated heterocycles. The molecule has 0 saturated carbocycles. The number of amides is 1. The lowest BCUT2D eigenvalue weighted by Crippen LogP contribution is -2.37. The van der Waals surface area contributed by atoms with Crippen LogP contribution in [0.15, 0.2) is 48.5 Å². The van der Waals surface area contributed by atoms with Crippen molar-refractivity contribution in [1.29, 1.82) is 0 Å². The summed E-state index contributed by atoms with van der Waals surface area (Å²) in [5.41, 5.74) is 4.00. The Morgan fingerprint density at radius 2 is 1.61 bits per heavy atom. The number of ether oxygens (including phenoxy) is 1. The molecule has 3 rings (SSSR count). The molecule has 0 atom stereocenters. The van der Waals surface area contributed by atoms with Crippen molar-refractivity contribution in [3.8, 4) is 0 Å². The molecule has 1 fully saturated rings. The molecule has 2 aromatic rings. The van der Waals surface area contributed by atoms with E-state index >= 15 is 0 Å². The topological polar surface area (TPSA) is 56.8 Å². The Labute approximate surface area is 171 Å². The van der Waals surface area contributed by atoms with E-state index in [0.29, 0.717) is 5.11 Å². The molecule has 7 heteroatoms. The molecule has 2 N–H and O–H groups in total. The van der Waals surface area contributed by atoms with Crippen LogP contribution in [0.2, 0.25) is 0 Å². The molecular weight excluding hydrogens is 372 g/mol. The molecule has 0 radical (unpaired) electrons. The summed E-state index contributed by atoms with van der Waals surface area (Å²) in [6.45, 7) is 5.49. The fourth-order valence-electron chi connectivity index (χ4n) is 2.92. The van der Waals surface area contributed by atoms with Gasteiger partial charge in [-0.25, -0.2) is 0 Å². The third kappa shape index (κ3) is 5.68. The van der Waals surface area contributed by atoms with Gasteiger partial charge in [-0.2, -0.15) is 0 Å². The SMILES string of the molecule is Cc1ccc(NC(=S)N(C)CC(=O)Nc2ccc(N3CCOCC3)cc2)cc1. The molecule has 2 aromatic carbocycles. The predicted octanol–water partition coefficient (Wildman–Crippen LogP) is 3.10. The van der Waals surface area contributed by atoms with Gasteiger partial charge in [-0.3, -0.25) is 4.79 Å². The van der Waals surface area contributed by atoms with Crippen LogP contribution in [0, 0.1) is 6.92 Å². The number of nitrogens with zero attached hydrogens (tertiary/aromatic N) is 2. The van der Waals surface area contributed by atoms with Crippen LogP contribution < -0.4 is 15.5 Å². The smallest absolute Gasteiger partial charge is 0.243 e. The van der Waals surface area contributed by atoms with Crippen molar-refractivity contribution in [2.24, 2.45) is 0 Å². The standard InChI is InChI=1S/C21H26N4O2S/c1-16-3-5-18(6-4-16)23-21(28)24(2)15-20(26)22-17-7-9-19(10-8-17)25-11-13-27-14-12-25/h3-10H,11-15H2,1-2H3,(H,22,26)(H,23,28). The number of morpholine rings is 1. The number of carbonyl (C=O) groups is 1. The number of hydrogen-bond donors (Lipinski definition) is 2. The van der Waals surface area contributed by atoms with E-state index < -0.39 is 0 Å². The van der Waals surface area contributed by atoms with Gasteiger partial charge in [-0.1, -0.05) is 17.7 Å². The molecule has 6 nitrogen and oxygen atoms in total. The third-order valence-electron chi connectivity index (χ3n) is 4.56. The Morgan fingerprint density at radius 3 is 2.25 bits per heavy atom. The highest BCUT2D eigenvalue weighted by molar-refractivity contribution is 7.80. The summed E-state index contributed by atoms with van der Waals surface area (Å²) in [5.74, 6) is -0.116. The minimum absolute atomic E-state index is 0.116. The highest BCUT2D eigenvalue weighted by Crippen LogP contribution is 2.19. The van der Waals surface area contributed by atoms with Crippen molar-refractivity contribution in [2.75, 3.05) is 55.4 Å². The second-order valence-corrected chi connectivity index (χ2v) is 7.23. The van der Waals surface area contributed by atoms with Gasteiger partial charge in [0.2, 0.25) is 5.91 Å². The summed E-state index contributed by atoms with van der Waals surface area (Å²) in [5, 5.41) is 6.56. The number of rotatable bonds is 5. The normalized spacial score (nSPS) is 13.7. The second-order valence-electron chi connectivity index (χ2n) is 6.85. The third-order valence-corrected chi connectivity index (χ3v) is 4.97. The molecule has 1 aliphatic heterocycles. The molecule has 28 heavy (non-hydrogen) atoms. The highest BCUT2D eigenvalue weighted by Gasteiger charge is 2.13. The average molecular weight is 399 g/mol. The zero-order valence-corrected chi connectivity index (χ0v) is 17.1. The molecule has 0 unspecified atom stereocenters. The van der Waals surface area contributed by atoms with E-state index in [1.54, 1.807) is 11.9 Å². The Balaban J connectivity index is 1.48. The number of aryl methyl sites for hydroxylation is 1. The molecule has 0 aromatic heterocycles. The molecular formula is C21H26N4O2S. The minimum Gasteiger partial charge on any atom is -0.378 e. The first kappa shape index (κ1) is 20.1. The zero-order valence-electron chi connectivity index (χ0n) is 16.3. The fraction of sp³-hybridized carbons (Fsp3) is 0.333. The van der Waals surface area contributed by atoms with Crippen LogP contribution in [0.25, 0.3) is 0 Å². The quantitative estimate of drug-likeness (QED) is 0.755. The van der Waals surface area contributed by atoms with Crippen LogP contribution in [-0.4, -0.2) is 55.8 Å². The number of hydrogen-bond acceptors (Lipinski definition) is 4. The Hall–Kier alpha value is -2.64. The summed E-state index contributed by atoms with van der Waals surface area (Å²) in [7, 11) is 1.80. The summed E-state index contributed by atoms with van der Waals surface area (Å²) in [6, 6.07) is 15.8. The van der Waals surface area contributed by atoms with E-state index in [1.807, 2.05) is 55.5 Å². The van der Waals surface area contributed by atoms with Gasteiger partial charge < -0.3 is 25.2 Å². The van der Waals surface area contributed by atoms with Gasteiger partial charge in [-0.15, -0.1) is 0 Å². The maximum atomic E-state index is 12.3. The van der Waals surface area contributed by atoms with Crippen molar-refractivity contribution in [2.45, 2.75) is 6.92 Å². The van der Waals surface area contributed by atoms with Crippen molar-refractivity contribution in [1.82, 2.24) is 4.90 Å². The van der Waals surface area contributed by atoms with E-state index in [9.17, 15) is 4.79 Å². The van der Waals surface area contributed by atoms with Gasteiger partial charge in [0, 0.05) is 37.2 Å². The molecule has 0 bridgehead atoms. The van der Waals surface area contributed by atoms with Crippen LogP contribution in [0.5, 0.6) is 0 Å². The first-order chi connectivity index (χ1) is 13.5. The van der Waals surface area contributed by atoms with Crippen LogP contribution >= 0.6 is 12.2 Å².